The molecular weight excluding hydrogens is 360 g/mol. The molecule has 7 heteroatoms. The van der Waals surface area contributed by atoms with Crippen molar-refractivity contribution in [3.8, 4) is 5.75 Å². The van der Waals surface area contributed by atoms with Gasteiger partial charge in [0.1, 0.15) is 11.3 Å². The predicted octanol–water partition coefficient (Wildman–Crippen LogP) is 1.93. The summed E-state index contributed by atoms with van der Waals surface area (Å²) in [6.07, 6.45) is -0.654. The number of amides is 1. The molecule has 1 aliphatic heterocycles. The molecule has 1 N–H and O–H groups in total. The molecule has 1 saturated heterocycles. The second kappa shape index (κ2) is 8.75. The van der Waals surface area contributed by atoms with Crippen LogP contribution in [0.15, 0.2) is 21.3 Å². The number of nitrogens with zero attached hydrogens (tertiary/aromatic N) is 1. The lowest BCUT2D eigenvalue weighted by Gasteiger charge is -2.26. The molecule has 1 fully saturated rings. The Morgan fingerprint density at radius 1 is 1.18 bits per heavy atom. The van der Waals surface area contributed by atoms with Crippen molar-refractivity contribution in [2.75, 3.05) is 39.4 Å². The molecule has 0 radical (unpaired) electrons. The molecule has 1 aliphatic rings. The van der Waals surface area contributed by atoms with Crippen LogP contribution in [-0.4, -0.2) is 56.3 Å². The van der Waals surface area contributed by atoms with Crippen molar-refractivity contribution < 1.29 is 18.7 Å². The fourth-order valence-corrected chi connectivity index (χ4v) is 3.30. The number of hydrogen-bond acceptors (Lipinski definition) is 6. The van der Waals surface area contributed by atoms with Crippen LogP contribution in [0.25, 0.3) is 11.0 Å². The maximum atomic E-state index is 12.4. The third-order valence-electron chi connectivity index (χ3n) is 5.33. The smallest absolute Gasteiger partial charge is 0.339 e. The lowest BCUT2D eigenvalue weighted by Crippen LogP contribution is -2.43. The summed E-state index contributed by atoms with van der Waals surface area (Å²) in [5.41, 5.74) is 2.37. The minimum absolute atomic E-state index is 0.172. The Morgan fingerprint density at radius 3 is 2.61 bits per heavy atom. The van der Waals surface area contributed by atoms with E-state index in [0.717, 1.165) is 43.8 Å². The number of carbonyl (C=O) groups is 1. The summed E-state index contributed by atoms with van der Waals surface area (Å²) in [5, 5.41) is 3.79. The van der Waals surface area contributed by atoms with Crippen molar-refractivity contribution in [2.45, 2.75) is 33.8 Å². The van der Waals surface area contributed by atoms with Gasteiger partial charge >= 0.3 is 5.63 Å². The minimum atomic E-state index is -0.654. The van der Waals surface area contributed by atoms with E-state index in [4.69, 9.17) is 13.9 Å². The van der Waals surface area contributed by atoms with E-state index in [1.54, 1.807) is 13.8 Å². The van der Waals surface area contributed by atoms with E-state index in [1.165, 1.54) is 0 Å². The molecule has 7 nitrogen and oxygen atoms in total. The topological polar surface area (TPSA) is 81.0 Å². The number of aryl methyl sites for hydroxylation is 2. The quantitative estimate of drug-likeness (QED) is 0.762. The first kappa shape index (κ1) is 20.4. The molecule has 1 atom stereocenters. The summed E-state index contributed by atoms with van der Waals surface area (Å²) < 4.78 is 16.6. The van der Waals surface area contributed by atoms with Gasteiger partial charge in [-0.3, -0.25) is 9.69 Å². The van der Waals surface area contributed by atoms with E-state index in [9.17, 15) is 9.59 Å². The zero-order valence-electron chi connectivity index (χ0n) is 17.0. The summed E-state index contributed by atoms with van der Waals surface area (Å²) in [4.78, 5) is 26.6. The summed E-state index contributed by atoms with van der Waals surface area (Å²) in [6, 6.07) is 3.69. The minimum Gasteiger partial charge on any atom is -0.480 e. The Bertz CT molecular complexity index is 915. The number of carbonyl (C=O) groups excluding carboxylic acids is 1. The molecule has 1 aromatic heterocycles. The highest BCUT2D eigenvalue weighted by atomic mass is 16.5. The van der Waals surface area contributed by atoms with E-state index in [1.807, 2.05) is 26.0 Å². The molecule has 152 valence electrons. The van der Waals surface area contributed by atoms with Crippen LogP contribution < -0.4 is 15.7 Å². The van der Waals surface area contributed by atoms with Crippen molar-refractivity contribution >= 4 is 16.9 Å². The summed E-state index contributed by atoms with van der Waals surface area (Å²) >= 11 is 0. The predicted molar refractivity (Wildman–Crippen MR) is 107 cm³/mol. The maximum Gasteiger partial charge on any atom is 0.339 e. The van der Waals surface area contributed by atoms with Crippen molar-refractivity contribution in [1.29, 1.82) is 0 Å². The van der Waals surface area contributed by atoms with Gasteiger partial charge in [-0.1, -0.05) is 0 Å². The highest BCUT2D eigenvalue weighted by molar-refractivity contribution is 5.86. The first-order chi connectivity index (χ1) is 13.4. The summed E-state index contributed by atoms with van der Waals surface area (Å²) in [5.74, 6) is 0.365. The zero-order chi connectivity index (χ0) is 20.3. The molecule has 0 aliphatic carbocycles. The highest BCUT2D eigenvalue weighted by Crippen LogP contribution is 2.29. The SMILES string of the molecule is Cc1c(C)c2ccc(O[C@H](C)C(=O)NCCN3CCOCC3)c(C)c2oc1=O. The Labute approximate surface area is 164 Å². The van der Waals surface area contributed by atoms with E-state index in [2.05, 4.69) is 10.2 Å². The molecule has 2 heterocycles. The van der Waals surface area contributed by atoms with Crippen molar-refractivity contribution in [3.63, 3.8) is 0 Å². The standard InChI is InChI=1S/C21H28N2O5/c1-13-14(2)21(25)28-19-15(3)18(6-5-17(13)19)27-16(4)20(24)22-7-8-23-9-11-26-12-10-23/h5-6,16H,7-12H2,1-4H3,(H,22,24)/t16-/m1/s1. The van der Waals surface area contributed by atoms with Gasteiger partial charge in [-0.15, -0.1) is 0 Å². The van der Waals surface area contributed by atoms with E-state index in [0.29, 0.717) is 29.0 Å². The van der Waals surface area contributed by atoms with Crippen LogP contribution in [0.1, 0.15) is 23.6 Å². The average Bonchev–Trinajstić information content (AvgIpc) is 2.69. The molecule has 0 bridgehead atoms. The first-order valence-electron chi connectivity index (χ1n) is 9.66. The van der Waals surface area contributed by atoms with E-state index < -0.39 is 6.10 Å². The van der Waals surface area contributed by atoms with E-state index in [-0.39, 0.29) is 11.5 Å². The highest BCUT2D eigenvalue weighted by Gasteiger charge is 2.19. The van der Waals surface area contributed by atoms with E-state index >= 15 is 0 Å². The van der Waals surface area contributed by atoms with Gasteiger partial charge in [-0.25, -0.2) is 4.79 Å². The van der Waals surface area contributed by atoms with Gasteiger partial charge in [0, 0.05) is 42.7 Å². The van der Waals surface area contributed by atoms with Gasteiger partial charge in [-0.2, -0.15) is 0 Å². The third-order valence-corrected chi connectivity index (χ3v) is 5.33. The zero-order valence-corrected chi connectivity index (χ0v) is 17.0. The molecule has 1 aromatic carbocycles. The molecule has 1 amide bonds. The van der Waals surface area contributed by atoms with Crippen LogP contribution in [-0.2, 0) is 9.53 Å². The number of ether oxygens (including phenoxy) is 2. The molecule has 0 saturated carbocycles. The Balaban J connectivity index is 1.64. The second-order valence-corrected chi connectivity index (χ2v) is 7.21. The van der Waals surface area contributed by atoms with Crippen LogP contribution in [0, 0.1) is 20.8 Å². The summed E-state index contributed by atoms with van der Waals surface area (Å²) in [7, 11) is 0. The van der Waals surface area contributed by atoms with Gasteiger partial charge in [0.15, 0.2) is 6.10 Å². The van der Waals surface area contributed by atoms with Gasteiger partial charge in [0.25, 0.3) is 5.91 Å². The van der Waals surface area contributed by atoms with Crippen LogP contribution in [0.4, 0.5) is 0 Å². The normalized spacial score (nSPS) is 16.1. The fraction of sp³-hybridized carbons (Fsp3) is 0.524. The van der Waals surface area contributed by atoms with Crippen LogP contribution in [0.5, 0.6) is 5.75 Å². The van der Waals surface area contributed by atoms with Crippen LogP contribution in [0.2, 0.25) is 0 Å². The maximum absolute atomic E-state index is 12.4. The monoisotopic (exact) mass is 388 g/mol. The molecule has 3 rings (SSSR count). The van der Waals surface area contributed by atoms with Gasteiger partial charge < -0.3 is 19.2 Å². The molecular formula is C21H28N2O5. The van der Waals surface area contributed by atoms with Gasteiger partial charge in [0.2, 0.25) is 0 Å². The van der Waals surface area contributed by atoms with Crippen molar-refractivity contribution in [2.24, 2.45) is 0 Å². The molecule has 28 heavy (non-hydrogen) atoms. The fourth-order valence-electron chi connectivity index (χ4n) is 3.30. The van der Waals surface area contributed by atoms with Gasteiger partial charge in [0.05, 0.1) is 13.2 Å². The molecule has 0 unspecified atom stereocenters. The Kier molecular flexibility index (Phi) is 6.36. The number of fused-ring (bicyclic) bond motifs is 1. The number of benzene rings is 1. The van der Waals surface area contributed by atoms with Crippen LogP contribution >= 0.6 is 0 Å². The number of morpholine rings is 1. The van der Waals surface area contributed by atoms with Crippen LogP contribution in [0.3, 0.4) is 0 Å². The number of nitrogens with one attached hydrogen (secondary N) is 1. The largest absolute Gasteiger partial charge is 0.480 e. The summed E-state index contributed by atoms with van der Waals surface area (Å²) in [6.45, 7) is 11.8. The van der Waals surface area contributed by atoms with Crippen molar-refractivity contribution in [3.05, 3.63) is 39.2 Å². The Hall–Kier alpha value is -2.38. The van der Waals surface area contributed by atoms with Gasteiger partial charge in [-0.05, 0) is 45.4 Å². The first-order valence-corrected chi connectivity index (χ1v) is 9.66. The Morgan fingerprint density at radius 2 is 1.89 bits per heavy atom. The van der Waals surface area contributed by atoms with Crippen molar-refractivity contribution in [1.82, 2.24) is 10.2 Å². The third kappa shape index (κ3) is 4.36. The second-order valence-electron chi connectivity index (χ2n) is 7.21. The molecule has 0 spiro atoms. The lowest BCUT2D eigenvalue weighted by molar-refractivity contribution is -0.127. The number of hydrogen-bond donors (Lipinski definition) is 1. The average molecular weight is 388 g/mol. The number of rotatable bonds is 6. The molecule has 2 aromatic rings. The lowest BCUT2D eigenvalue weighted by atomic mass is 10.0.